The molecule has 7 heteroatoms. The van der Waals surface area contributed by atoms with Crippen LogP contribution in [0.4, 0.5) is 0 Å². The number of benzene rings is 1. The number of carbonyl (C=O) groups excluding carboxylic acids is 3. The van der Waals surface area contributed by atoms with Crippen molar-refractivity contribution in [2.24, 2.45) is 11.8 Å². The Morgan fingerprint density at radius 2 is 1.76 bits per heavy atom. The summed E-state index contributed by atoms with van der Waals surface area (Å²) >= 11 is 0. The van der Waals surface area contributed by atoms with E-state index in [1.165, 1.54) is 19.2 Å². The highest BCUT2D eigenvalue weighted by Crippen LogP contribution is 2.46. The molecule has 0 spiro atoms. The molecule has 3 aliphatic rings. The second kappa shape index (κ2) is 9.41. The first-order valence-corrected chi connectivity index (χ1v) is 11.6. The standard InChI is InChI=1S/C26H31NO6/c1-14-13-19-23(24(29)20(14)25(30)32-3)22(16-9-11-17(28)12-10-16)21(15(2)27-19)26(31)33-18-7-5-4-6-8-18/h9-12,14,18,20,22,27-28H,4-8,13H2,1-3H3/t14-,20+,22-/m1/s1. The fraction of sp³-hybridized carbons (Fsp3) is 0.500. The van der Waals surface area contributed by atoms with Crippen LogP contribution in [0.15, 0.2) is 46.8 Å². The Morgan fingerprint density at radius 3 is 2.39 bits per heavy atom. The first-order chi connectivity index (χ1) is 15.8. The summed E-state index contributed by atoms with van der Waals surface area (Å²) in [4.78, 5) is 39.6. The molecule has 7 nitrogen and oxygen atoms in total. The molecule has 176 valence electrons. The Bertz CT molecular complexity index is 1020. The number of phenolic OH excluding ortho intramolecular Hbond substituents is 1. The lowest BCUT2D eigenvalue weighted by molar-refractivity contribution is -0.151. The number of allylic oxidation sites excluding steroid dienone is 3. The van der Waals surface area contributed by atoms with Gasteiger partial charge in [0.25, 0.3) is 0 Å². The molecule has 1 saturated carbocycles. The number of dihydropyridines is 1. The molecular weight excluding hydrogens is 422 g/mol. The number of aromatic hydroxyl groups is 1. The molecule has 1 aromatic carbocycles. The number of rotatable bonds is 4. The molecule has 1 fully saturated rings. The van der Waals surface area contributed by atoms with E-state index in [-0.39, 0.29) is 23.6 Å². The van der Waals surface area contributed by atoms with Crippen molar-refractivity contribution in [3.63, 3.8) is 0 Å². The van der Waals surface area contributed by atoms with Gasteiger partial charge in [-0.2, -0.15) is 0 Å². The number of nitrogens with one attached hydrogen (secondary N) is 1. The summed E-state index contributed by atoms with van der Waals surface area (Å²) in [5.41, 5.74) is 2.82. The molecule has 2 N–H and O–H groups in total. The summed E-state index contributed by atoms with van der Waals surface area (Å²) in [7, 11) is 1.28. The maximum absolute atomic E-state index is 13.7. The number of Topliss-reactive ketones (excluding diaryl/α,β-unsaturated/α-hetero) is 1. The molecule has 1 aromatic rings. The van der Waals surface area contributed by atoms with E-state index in [1.807, 2.05) is 13.8 Å². The van der Waals surface area contributed by atoms with Crippen LogP contribution in [0, 0.1) is 11.8 Å². The molecule has 1 heterocycles. The van der Waals surface area contributed by atoms with Crippen molar-refractivity contribution in [2.75, 3.05) is 7.11 Å². The van der Waals surface area contributed by atoms with E-state index in [4.69, 9.17) is 9.47 Å². The minimum Gasteiger partial charge on any atom is -0.508 e. The van der Waals surface area contributed by atoms with Crippen LogP contribution in [-0.4, -0.2) is 36.0 Å². The van der Waals surface area contributed by atoms with Crippen LogP contribution in [-0.2, 0) is 23.9 Å². The molecule has 0 bridgehead atoms. The van der Waals surface area contributed by atoms with E-state index in [0.29, 0.717) is 28.8 Å². The third-order valence-electron chi connectivity index (χ3n) is 7.02. The van der Waals surface area contributed by atoms with Crippen molar-refractivity contribution in [3.05, 3.63) is 52.4 Å². The topological polar surface area (TPSA) is 102 Å². The normalized spacial score (nSPS) is 25.9. The Morgan fingerprint density at radius 1 is 1.09 bits per heavy atom. The number of hydrogen-bond acceptors (Lipinski definition) is 7. The lowest BCUT2D eigenvalue weighted by Crippen LogP contribution is -2.43. The van der Waals surface area contributed by atoms with Crippen LogP contribution < -0.4 is 5.32 Å². The van der Waals surface area contributed by atoms with E-state index in [9.17, 15) is 19.5 Å². The van der Waals surface area contributed by atoms with Gasteiger partial charge >= 0.3 is 11.9 Å². The van der Waals surface area contributed by atoms with Crippen LogP contribution >= 0.6 is 0 Å². The van der Waals surface area contributed by atoms with Gasteiger partial charge in [-0.25, -0.2) is 4.79 Å². The second-order valence-electron chi connectivity index (χ2n) is 9.29. The van der Waals surface area contributed by atoms with E-state index in [0.717, 1.165) is 37.8 Å². The van der Waals surface area contributed by atoms with Crippen molar-refractivity contribution in [1.29, 1.82) is 0 Å². The van der Waals surface area contributed by atoms with E-state index < -0.39 is 23.8 Å². The summed E-state index contributed by atoms with van der Waals surface area (Å²) in [5, 5.41) is 13.1. The Labute approximate surface area is 193 Å². The number of phenols is 1. The monoisotopic (exact) mass is 453 g/mol. The van der Waals surface area contributed by atoms with Crippen molar-refractivity contribution >= 4 is 17.7 Å². The van der Waals surface area contributed by atoms with Gasteiger partial charge in [0.2, 0.25) is 0 Å². The largest absolute Gasteiger partial charge is 0.508 e. The van der Waals surface area contributed by atoms with Crippen molar-refractivity contribution in [1.82, 2.24) is 5.32 Å². The first-order valence-electron chi connectivity index (χ1n) is 11.6. The Kier molecular flexibility index (Phi) is 6.58. The van der Waals surface area contributed by atoms with Crippen LogP contribution in [0.2, 0.25) is 0 Å². The van der Waals surface area contributed by atoms with Gasteiger partial charge in [-0.3, -0.25) is 9.59 Å². The number of ketones is 1. The molecular formula is C26H31NO6. The van der Waals surface area contributed by atoms with E-state index >= 15 is 0 Å². The second-order valence-corrected chi connectivity index (χ2v) is 9.29. The number of esters is 2. The smallest absolute Gasteiger partial charge is 0.337 e. The zero-order valence-electron chi connectivity index (χ0n) is 19.3. The van der Waals surface area contributed by atoms with Gasteiger partial charge in [-0.05, 0) is 62.6 Å². The van der Waals surface area contributed by atoms with Gasteiger partial charge in [0.05, 0.1) is 12.7 Å². The molecule has 1 aliphatic heterocycles. The first kappa shape index (κ1) is 23.1. The van der Waals surface area contributed by atoms with Gasteiger partial charge in [0.15, 0.2) is 5.78 Å². The highest BCUT2D eigenvalue weighted by Gasteiger charge is 2.47. The van der Waals surface area contributed by atoms with Crippen LogP contribution in [0.1, 0.15) is 63.9 Å². The Hall–Kier alpha value is -3.09. The zero-order chi connectivity index (χ0) is 23.7. The van der Waals surface area contributed by atoms with Crippen molar-refractivity contribution in [3.8, 4) is 5.75 Å². The van der Waals surface area contributed by atoms with Crippen LogP contribution in [0.3, 0.4) is 0 Å². The molecule has 0 amide bonds. The maximum atomic E-state index is 13.7. The molecule has 33 heavy (non-hydrogen) atoms. The fourth-order valence-corrected chi connectivity index (χ4v) is 5.35. The van der Waals surface area contributed by atoms with E-state index in [2.05, 4.69) is 5.32 Å². The lowest BCUT2D eigenvalue weighted by atomic mass is 9.69. The molecule has 2 aliphatic carbocycles. The average Bonchev–Trinajstić information content (AvgIpc) is 2.79. The summed E-state index contributed by atoms with van der Waals surface area (Å²) in [6.45, 7) is 3.67. The van der Waals surface area contributed by atoms with Crippen LogP contribution in [0.25, 0.3) is 0 Å². The van der Waals surface area contributed by atoms with Crippen molar-refractivity contribution < 1.29 is 29.0 Å². The third-order valence-corrected chi connectivity index (χ3v) is 7.02. The molecule has 0 radical (unpaired) electrons. The van der Waals surface area contributed by atoms with Gasteiger partial charge in [0.1, 0.15) is 17.8 Å². The number of methoxy groups -OCH3 is 1. The zero-order valence-corrected chi connectivity index (χ0v) is 19.3. The SMILES string of the molecule is COC(=O)[C@@H]1C(=O)C2=C(C[C@H]1C)NC(C)=C(C(=O)OC1CCCCC1)[C@H]2c1ccc(O)cc1. The third kappa shape index (κ3) is 4.41. The number of carbonyl (C=O) groups is 3. The predicted molar refractivity (Wildman–Crippen MR) is 121 cm³/mol. The number of ether oxygens (including phenoxy) is 2. The summed E-state index contributed by atoms with van der Waals surface area (Å²) in [6.07, 6.45) is 5.23. The van der Waals surface area contributed by atoms with Crippen molar-refractivity contribution in [2.45, 2.75) is 64.4 Å². The lowest BCUT2D eigenvalue weighted by Gasteiger charge is -2.38. The molecule has 3 atom stereocenters. The van der Waals surface area contributed by atoms with Gasteiger partial charge in [0, 0.05) is 22.9 Å². The highest BCUT2D eigenvalue weighted by molar-refractivity contribution is 6.12. The van der Waals surface area contributed by atoms with E-state index in [1.54, 1.807) is 12.1 Å². The predicted octanol–water partition coefficient (Wildman–Crippen LogP) is 3.88. The summed E-state index contributed by atoms with van der Waals surface area (Å²) in [6, 6.07) is 6.47. The molecule has 0 aromatic heterocycles. The average molecular weight is 454 g/mol. The van der Waals surface area contributed by atoms with Gasteiger partial charge in [-0.1, -0.05) is 25.5 Å². The maximum Gasteiger partial charge on any atom is 0.337 e. The summed E-state index contributed by atoms with van der Waals surface area (Å²) in [5.74, 6) is -3.12. The van der Waals surface area contributed by atoms with Gasteiger partial charge in [-0.15, -0.1) is 0 Å². The quantitative estimate of drug-likeness (QED) is 0.527. The summed E-state index contributed by atoms with van der Waals surface area (Å²) < 4.78 is 10.8. The fourth-order valence-electron chi connectivity index (χ4n) is 5.35. The van der Waals surface area contributed by atoms with Gasteiger partial charge < -0.3 is 19.9 Å². The minimum atomic E-state index is -0.927. The highest BCUT2D eigenvalue weighted by atomic mass is 16.5. The van der Waals surface area contributed by atoms with Crippen LogP contribution in [0.5, 0.6) is 5.75 Å². The molecule has 0 saturated heterocycles. The molecule has 0 unspecified atom stereocenters. The number of hydrogen-bond donors (Lipinski definition) is 2. The Balaban J connectivity index is 1.77. The minimum absolute atomic E-state index is 0.0879. The molecule has 4 rings (SSSR count).